The Morgan fingerprint density at radius 3 is 1.45 bits per heavy atom. The lowest BCUT2D eigenvalue weighted by molar-refractivity contribution is 0.392. The highest BCUT2D eigenvalue weighted by Crippen LogP contribution is 2.55. The normalized spacial score (nSPS) is 18.4. The lowest BCUT2D eigenvalue weighted by atomic mass is 9.33. The van der Waals surface area contributed by atoms with Crippen molar-refractivity contribution in [1.82, 2.24) is 0 Å². The van der Waals surface area contributed by atoms with E-state index in [0.29, 0.717) is 0 Å². The largest absolute Gasteiger partial charge is 0.456 e. The Kier molecular flexibility index (Phi) is 10.7. The summed E-state index contributed by atoms with van der Waals surface area (Å²) in [5.74, 6) is 0.885. The number of benzene rings is 10. The van der Waals surface area contributed by atoms with Crippen LogP contribution in [0.3, 0.4) is 0 Å². The molecule has 0 saturated heterocycles. The van der Waals surface area contributed by atoms with Crippen molar-refractivity contribution in [3.8, 4) is 22.5 Å². The predicted molar refractivity (Wildman–Crippen MR) is 370 cm³/mol. The maximum absolute atomic E-state index is 6.47. The van der Waals surface area contributed by atoms with Crippen LogP contribution in [-0.2, 0) is 56.8 Å². The molecule has 7 aliphatic rings. The molecular formula is C83H76BN3O. The zero-order valence-corrected chi connectivity index (χ0v) is 52.8. The average molecular weight is 1140 g/mol. The first kappa shape index (κ1) is 52.6. The molecule has 0 bridgehead atoms. The third-order valence-corrected chi connectivity index (χ3v) is 21.8. The van der Waals surface area contributed by atoms with Crippen LogP contribution in [0.2, 0.25) is 0 Å². The quantitative estimate of drug-likeness (QED) is 0.155. The van der Waals surface area contributed by atoms with Crippen LogP contribution in [0, 0.1) is 21.7 Å². The Morgan fingerprint density at radius 2 is 0.852 bits per heavy atom. The van der Waals surface area contributed by atoms with Gasteiger partial charge in [0.1, 0.15) is 11.3 Å². The van der Waals surface area contributed by atoms with Gasteiger partial charge in [-0.25, -0.2) is 0 Å². The van der Waals surface area contributed by atoms with Gasteiger partial charge in [-0.1, -0.05) is 160 Å². The highest BCUT2D eigenvalue weighted by atomic mass is 16.3. The Balaban J connectivity index is 0.928. The zero-order valence-electron chi connectivity index (χ0n) is 52.8. The summed E-state index contributed by atoms with van der Waals surface area (Å²) in [4.78, 5) is 8.07. The van der Waals surface area contributed by atoms with Gasteiger partial charge in [-0.15, -0.1) is 0 Å². The van der Waals surface area contributed by atoms with Gasteiger partial charge in [0.2, 0.25) is 0 Å². The van der Waals surface area contributed by atoms with Gasteiger partial charge < -0.3 is 19.1 Å². The lowest BCUT2D eigenvalue weighted by Gasteiger charge is -2.45. The van der Waals surface area contributed by atoms with Crippen molar-refractivity contribution in [2.75, 3.05) is 14.7 Å². The van der Waals surface area contributed by atoms with Gasteiger partial charge >= 0.3 is 0 Å². The highest BCUT2D eigenvalue weighted by molar-refractivity contribution is 7.00. The van der Waals surface area contributed by atoms with E-state index < -0.39 is 0 Å². The van der Waals surface area contributed by atoms with Gasteiger partial charge in [0, 0.05) is 61.9 Å². The fraction of sp³-hybridized carbons (Fsp3) is 0.277. The van der Waals surface area contributed by atoms with E-state index in [1.807, 2.05) is 6.07 Å². The van der Waals surface area contributed by atoms with Crippen molar-refractivity contribution in [3.63, 3.8) is 0 Å². The molecule has 3 heterocycles. The van der Waals surface area contributed by atoms with E-state index in [0.717, 1.165) is 90.7 Å². The van der Waals surface area contributed by atoms with E-state index in [4.69, 9.17) is 4.42 Å². The Morgan fingerprint density at radius 1 is 0.364 bits per heavy atom. The molecule has 0 fully saturated rings. The van der Waals surface area contributed by atoms with Crippen LogP contribution in [0.1, 0.15) is 125 Å². The molecule has 11 aromatic rings. The molecule has 88 heavy (non-hydrogen) atoms. The van der Waals surface area contributed by atoms with Crippen molar-refractivity contribution in [2.45, 2.75) is 126 Å². The number of nitrogens with zero attached hydrogens (tertiary/aromatic N) is 3. The summed E-state index contributed by atoms with van der Waals surface area (Å²) < 4.78 is 6.47. The second kappa shape index (κ2) is 17.8. The minimum absolute atomic E-state index is 0.00987. The summed E-state index contributed by atoms with van der Waals surface area (Å²) in [6.45, 7) is 24.5. The van der Waals surface area contributed by atoms with Crippen molar-refractivity contribution < 1.29 is 4.42 Å². The van der Waals surface area contributed by atoms with Gasteiger partial charge in [0.05, 0.1) is 5.69 Å². The summed E-state index contributed by atoms with van der Waals surface area (Å²) >= 11 is 0. The molecular weight excluding hydrogens is 1070 g/mol. The Labute approximate surface area is 520 Å². The maximum atomic E-state index is 6.47. The molecule has 5 aliphatic carbocycles. The SMILES string of the molecule is CC1(C)Cc2ccc(N3c4cc5c(cc4B4c6cc7c(cc6N(c6ccc8c(c6)CC(C)(C)C8)c6cc(N(c8ccc9c(c8)C(C)(C)c8ccccc8-9)c8ccc9cc(-c%10cc%11ccccc%11o%10)ccc9c8)cc3c64)CC(C)(C)C7)CC(C)(C)C5)cc2C1. The molecule has 0 N–H and O–H groups in total. The molecule has 2 aliphatic heterocycles. The van der Waals surface area contributed by atoms with E-state index >= 15 is 0 Å². The summed E-state index contributed by atoms with van der Waals surface area (Å²) in [5, 5.41) is 3.47. The van der Waals surface area contributed by atoms with Gasteiger partial charge in [-0.05, 0) is 258 Å². The molecule has 0 saturated carbocycles. The van der Waals surface area contributed by atoms with Gasteiger partial charge in [0.15, 0.2) is 0 Å². The first-order valence-electron chi connectivity index (χ1n) is 32.6. The standard InChI is InChI=1S/C83H76BN3O/c1-79(2)41-53-22-25-62(31-55(53)43-79)86-72-35-59-47-81(5,6)45-57(59)33-70(72)84-71-34-58-46-82(7,8)48-60(58)36-73(71)87(63-26-23-54-42-80(3,4)44-56(54)32-63)75-40-65(39-74(86)78(75)84)85(64-27-28-67-66-16-12-13-17-68(66)83(9,10)69(67)38-64)61-24-21-49-29-52(20-19-50(49)30-61)77-37-51-15-11-14-18-76(51)88-77/h11-40H,41-48H2,1-10H3. The summed E-state index contributed by atoms with van der Waals surface area (Å²) in [6.07, 6.45) is 8.66. The maximum Gasteiger partial charge on any atom is 0.252 e. The Hall–Kier alpha value is -8.54. The number of furan rings is 1. The molecule has 18 rings (SSSR count). The lowest BCUT2D eigenvalue weighted by Crippen LogP contribution is -2.61. The Bertz CT molecular complexity index is 4690. The van der Waals surface area contributed by atoms with Crippen LogP contribution in [0.4, 0.5) is 51.2 Å². The van der Waals surface area contributed by atoms with Crippen molar-refractivity contribution in [2.24, 2.45) is 21.7 Å². The zero-order chi connectivity index (χ0) is 59.7. The minimum Gasteiger partial charge on any atom is -0.456 e. The average Bonchev–Trinajstić information content (AvgIpc) is 0.897. The van der Waals surface area contributed by atoms with Gasteiger partial charge in [0.25, 0.3) is 6.71 Å². The van der Waals surface area contributed by atoms with E-state index in [9.17, 15) is 0 Å². The van der Waals surface area contributed by atoms with Crippen molar-refractivity contribution in [3.05, 3.63) is 238 Å². The van der Waals surface area contributed by atoms with Gasteiger partial charge in [-0.3, -0.25) is 0 Å². The fourth-order valence-electron chi connectivity index (χ4n) is 18.1. The predicted octanol–water partition coefficient (Wildman–Crippen LogP) is 19.6. The summed E-state index contributed by atoms with van der Waals surface area (Å²) in [5.41, 5.74) is 35.2. The number of anilines is 9. The monoisotopic (exact) mass is 1140 g/mol. The second-order valence-corrected chi connectivity index (χ2v) is 31.5. The van der Waals surface area contributed by atoms with Crippen LogP contribution in [0.25, 0.3) is 44.2 Å². The molecule has 5 heteroatoms. The molecule has 4 nitrogen and oxygen atoms in total. The fourth-order valence-corrected chi connectivity index (χ4v) is 18.1. The number of rotatable bonds is 6. The van der Waals surface area contributed by atoms with Crippen LogP contribution >= 0.6 is 0 Å². The molecule has 0 unspecified atom stereocenters. The van der Waals surface area contributed by atoms with E-state index in [2.05, 4.69) is 260 Å². The number of fused-ring (bicyclic) bond motifs is 13. The first-order valence-corrected chi connectivity index (χ1v) is 32.6. The number of para-hydroxylation sites is 1. The first-order chi connectivity index (χ1) is 42.2. The molecule has 1 aromatic heterocycles. The molecule has 10 aromatic carbocycles. The molecule has 0 atom stereocenters. The minimum atomic E-state index is -0.200. The molecule has 0 spiro atoms. The van der Waals surface area contributed by atoms with E-state index in [1.165, 1.54) is 128 Å². The van der Waals surface area contributed by atoms with Crippen LogP contribution < -0.4 is 31.1 Å². The van der Waals surface area contributed by atoms with Crippen LogP contribution in [0.5, 0.6) is 0 Å². The number of hydrogen-bond donors (Lipinski definition) is 0. The summed E-state index contributed by atoms with van der Waals surface area (Å²) in [7, 11) is 0. The topological polar surface area (TPSA) is 22.9 Å². The molecule has 0 amide bonds. The molecule has 432 valence electrons. The van der Waals surface area contributed by atoms with Crippen LogP contribution in [0.15, 0.2) is 186 Å². The van der Waals surface area contributed by atoms with Gasteiger partial charge in [-0.2, -0.15) is 0 Å². The van der Waals surface area contributed by atoms with Crippen molar-refractivity contribution in [1.29, 1.82) is 0 Å². The van der Waals surface area contributed by atoms with E-state index in [-0.39, 0.29) is 33.8 Å². The summed E-state index contributed by atoms with van der Waals surface area (Å²) in [6, 6.07) is 71.8. The third kappa shape index (κ3) is 7.96. The molecule has 0 radical (unpaired) electrons. The van der Waals surface area contributed by atoms with E-state index in [1.54, 1.807) is 0 Å². The highest BCUT2D eigenvalue weighted by Gasteiger charge is 2.48. The second-order valence-electron chi connectivity index (χ2n) is 31.5. The smallest absolute Gasteiger partial charge is 0.252 e. The van der Waals surface area contributed by atoms with Crippen molar-refractivity contribution >= 4 is 96.0 Å². The number of hydrogen-bond acceptors (Lipinski definition) is 4. The third-order valence-electron chi connectivity index (χ3n) is 21.8. The van der Waals surface area contributed by atoms with Crippen LogP contribution in [-0.4, -0.2) is 6.71 Å².